The zero-order valence-corrected chi connectivity index (χ0v) is 13.9. The first-order chi connectivity index (χ1) is 12.5. The molecule has 0 saturated carbocycles. The van der Waals surface area contributed by atoms with Gasteiger partial charge >= 0.3 is 0 Å². The normalized spacial score (nSPS) is 14.2. The number of pyridine rings is 1. The molecule has 0 spiro atoms. The molecule has 26 heavy (non-hydrogen) atoms. The van der Waals surface area contributed by atoms with Crippen molar-refractivity contribution >= 4 is 29.0 Å². The Hall–Kier alpha value is -3.36. The zero-order chi connectivity index (χ0) is 18.3. The smallest absolute Gasteiger partial charge is 0.275 e. The van der Waals surface area contributed by atoms with Crippen LogP contribution in [0.4, 0.5) is 15.9 Å². The molecule has 0 aliphatic carbocycles. The Kier molecular flexibility index (Phi) is 3.83. The van der Waals surface area contributed by atoms with E-state index in [1.807, 2.05) is 0 Å². The topological polar surface area (TPSA) is 92.5 Å². The Labute approximate surface area is 147 Å². The van der Waals surface area contributed by atoms with Crippen molar-refractivity contribution < 1.29 is 14.0 Å². The minimum absolute atomic E-state index is 0.00379. The molecule has 9 heteroatoms. The van der Waals surface area contributed by atoms with E-state index >= 15 is 0 Å². The first-order valence-electron chi connectivity index (χ1n) is 8.10. The van der Waals surface area contributed by atoms with Crippen LogP contribution in [-0.2, 0) is 4.79 Å². The third kappa shape index (κ3) is 2.87. The maximum atomic E-state index is 14.1. The van der Waals surface area contributed by atoms with E-state index in [9.17, 15) is 14.0 Å². The highest BCUT2D eigenvalue weighted by Crippen LogP contribution is 2.19. The largest absolute Gasteiger partial charge is 0.319 e. The number of fused-ring (bicyclic) bond motifs is 1. The number of carbonyl (C=O) groups excluding carboxylic acids is 2. The molecule has 132 valence electrons. The molecule has 2 amide bonds. The molecule has 3 aromatic rings. The quantitative estimate of drug-likeness (QED) is 0.776. The van der Waals surface area contributed by atoms with Crippen molar-refractivity contribution in [2.24, 2.45) is 0 Å². The summed E-state index contributed by atoms with van der Waals surface area (Å²) in [5.41, 5.74) is 1.21. The summed E-state index contributed by atoms with van der Waals surface area (Å²) in [4.78, 5) is 37.8. The van der Waals surface area contributed by atoms with Gasteiger partial charge in [-0.2, -0.15) is 0 Å². The number of carbonyl (C=O) groups is 2. The molecule has 1 aliphatic rings. The molecule has 0 unspecified atom stereocenters. The van der Waals surface area contributed by atoms with Crippen molar-refractivity contribution in [3.63, 3.8) is 0 Å². The van der Waals surface area contributed by atoms with Gasteiger partial charge in [-0.3, -0.25) is 14.5 Å². The van der Waals surface area contributed by atoms with Gasteiger partial charge in [-0.25, -0.2) is 19.3 Å². The fourth-order valence-electron chi connectivity index (χ4n) is 2.91. The molecule has 1 saturated heterocycles. The highest BCUT2D eigenvalue weighted by molar-refractivity contribution is 6.03. The second-order valence-electron chi connectivity index (χ2n) is 6.05. The molecule has 0 radical (unpaired) electrons. The van der Waals surface area contributed by atoms with E-state index < -0.39 is 11.7 Å². The Balaban J connectivity index is 1.53. The SMILES string of the molecule is Cc1cn2cc(NC(=O)c3cnc(N4CCCC4=O)cn3)cc(F)c2n1. The molecule has 3 aromatic heterocycles. The number of amides is 2. The number of imidazole rings is 1. The van der Waals surface area contributed by atoms with Crippen molar-refractivity contribution in [1.82, 2.24) is 19.4 Å². The predicted molar refractivity (Wildman–Crippen MR) is 91.5 cm³/mol. The number of halogens is 1. The van der Waals surface area contributed by atoms with Crippen molar-refractivity contribution in [3.05, 3.63) is 48.1 Å². The Bertz CT molecular complexity index is 1010. The van der Waals surface area contributed by atoms with Crippen LogP contribution < -0.4 is 10.2 Å². The zero-order valence-electron chi connectivity index (χ0n) is 13.9. The average molecular weight is 354 g/mol. The number of nitrogens with zero attached hydrogens (tertiary/aromatic N) is 5. The van der Waals surface area contributed by atoms with Crippen LogP contribution in [0.25, 0.3) is 5.65 Å². The number of nitrogens with one attached hydrogen (secondary N) is 1. The van der Waals surface area contributed by atoms with Crippen LogP contribution in [0, 0.1) is 12.7 Å². The van der Waals surface area contributed by atoms with Gasteiger partial charge in [0.15, 0.2) is 17.3 Å². The molecule has 0 bridgehead atoms. The van der Waals surface area contributed by atoms with Crippen LogP contribution in [0.3, 0.4) is 0 Å². The molecule has 1 aliphatic heterocycles. The van der Waals surface area contributed by atoms with Gasteiger partial charge in [0.05, 0.1) is 23.8 Å². The maximum Gasteiger partial charge on any atom is 0.275 e. The van der Waals surface area contributed by atoms with Gasteiger partial charge in [0.25, 0.3) is 5.91 Å². The second-order valence-corrected chi connectivity index (χ2v) is 6.05. The maximum absolute atomic E-state index is 14.1. The minimum Gasteiger partial charge on any atom is -0.319 e. The molecule has 1 N–H and O–H groups in total. The Morgan fingerprint density at radius 3 is 2.81 bits per heavy atom. The third-order valence-electron chi connectivity index (χ3n) is 4.11. The van der Waals surface area contributed by atoms with Gasteiger partial charge in [0, 0.05) is 31.4 Å². The summed E-state index contributed by atoms with van der Waals surface area (Å²) < 4.78 is 15.6. The lowest BCUT2D eigenvalue weighted by Gasteiger charge is -2.13. The predicted octanol–water partition coefficient (Wildman–Crippen LogP) is 1.95. The number of aromatic nitrogens is 4. The fourth-order valence-corrected chi connectivity index (χ4v) is 2.91. The van der Waals surface area contributed by atoms with Crippen LogP contribution in [0.15, 0.2) is 30.9 Å². The summed E-state index contributed by atoms with van der Waals surface area (Å²) >= 11 is 0. The van der Waals surface area contributed by atoms with Gasteiger partial charge in [-0.1, -0.05) is 0 Å². The van der Waals surface area contributed by atoms with E-state index in [0.717, 1.165) is 6.42 Å². The summed E-state index contributed by atoms with van der Waals surface area (Å²) in [5, 5.41) is 2.59. The van der Waals surface area contributed by atoms with Crippen LogP contribution in [0.2, 0.25) is 0 Å². The highest BCUT2D eigenvalue weighted by Gasteiger charge is 2.23. The first kappa shape index (κ1) is 16.1. The number of hydrogen-bond acceptors (Lipinski definition) is 5. The average Bonchev–Trinajstić information content (AvgIpc) is 3.20. The summed E-state index contributed by atoms with van der Waals surface area (Å²) in [7, 11) is 0. The summed E-state index contributed by atoms with van der Waals surface area (Å²) in [6.45, 7) is 2.36. The van der Waals surface area contributed by atoms with E-state index in [0.29, 0.717) is 24.5 Å². The molecule has 0 aromatic carbocycles. The molecule has 4 heterocycles. The van der Waals surface area contributed by atoms with Gasteiger partial charge in [0.1, 0.15) is 5.69 Å². The van der Waals surface area contributed by atoms with E-state index in [4.69, 9.17) is 0 Å². The molecular formula is C17H15FN6O2. The van der Waals surface area contributed by atoms with E-state index in [1.54, 1.807) is 24.2 Å². The lowest BCUT2D eigenvalue weighted by molar-refractivity contribution is -0.117. The van der Waals surface area contributed by atoms with Gasteiger partial charge in [-0.15, -0.1) is 0 Å². The third-order valence-corrected chi connectivity index (χ3v) is 4.11. The highest BCUT2D eigenvalue weighted by atomic mass is 19.1. The number of rotatable bonds is 3. The van der Waals surface area contributed by atoms with Crippen LogP contribution in [0.5, 0.6) is 0 Å². The molecule has 0 atom stereocenters. The van der Waals surface area contributed by atoms with E-state index in [2.05, 4.69) is 20.3 Å². The Morgan fingerprint density at radius 2 is 2.12 bits per heavy atom. The van der Waals surface area contributed by atoms with E-state index in [1.165, 1.54) is 22.9 Å². The first-order valence-corrected chi connectivity index (χ1v) is 8.10. The van der Waals surface area contributed by atoms with Gasteiger partial charge in [-0.05, 0) is 13.3 Å². The summed E-state index contributed by atoms with van der Waals surface area (Å²) in [6.07, 6.45) is 7.20. The van der Waals surface area contributed by atoms with Crippen molar-refractivity contribution in [2.45, 2.75) is 19.8 Å². The molecule has 4 rings (SSSR count). The second kappa shape index (κ2) is 6.17. The van der Waals surface area contributed by atoms with Gasteiger partial charge in [0.2, 0.25) is 5.91 Å². The standard InChI is InChI=1S/C17H15FN6O2/c1-10-8-23-9-11(5-12(18)16(23)21-10)22-17(26)13-6-20-14(7-19-13)24-4-2-3-15(24)25/h5-9H,2-4H2,1H3,(H,22,26). The van der Waals surface area contributed by atoms with Crippen LogP contribution in [-0.4, -0.2) is 37.7 Å². The monoisotopic (exact) mass is 354 g/mol. The minimum atomic E-state index is -0.537. The molecule has 8 nitrogen and oxygen atoms in total. The summed E-state index contributed by atoms with van der Waals surface area (Å²) in [5.74, 6) is -0.640. The molecule has 1 fully saturated rings. The molecular weight excluding hydrogens is 339 g/mol. The number of aryl methyl sites for hydroxylation is 1. The van der Waals surface area contributed by atoms with E-state index in [-0.39, 0.29) is 22.9 Å². The van der Waals surface area contributed by atoms with Crippen molar-refractivity contribution in [1.29, 1.82) is 0 Å². The van der Waals surface area contributed by atoms with Crippen LogP contribution in [0.1, 0.15) is 29.0 Å². The fraction of sp³-hybridized carbons (Fsp3) is 0.235. The lowest BCUT2D eigenvalue weighted by atomic mass is 10.3. The lowest BCUT2D eigenvalue weighted by Crippen LogP contribution is -2.25. The number of anilines is 2. The summed E-state index contributed by atoms with van der Waals surface area (Å²) in [6, 6.07) is 1.20. The van der Waals surface area contributed by atoms with Crippen LogP contribution >= 0.6 is 0 Å². The Morgan fingerprint density at radius 1 is 1.27 bits per heavy atom. The van der Waals surface area contributed by atoms with Gasteiger partial charge < -0.3 is 9.72 Å². The number of hydrogen-bond donors (Lipinski definition) is 1. The van der Waals surface area contributed by atoms with Crippen molar-refractivity contribution in [2.75, 3.05) is 16.8 Å². The van der Waals surface area contributed by atoms with Crippen molar-refractivity contribution in [3.8, 4) is 0 Å².